The lowest BCUT2D eigenvalue weighted by molar-refractivity contribution is -0.144. The number of unbranched alkanes of at least 4 members (excludes halogenated alkanes) is 8. The molecule has 0 spiro atoms. The van der Waals surface area contributed by atoms with Crippen molar-refractivity contribution < 1.29 is 19.1 Å². The van der Waals surface area contributed by atoms with Gasteiger partial charge in [0.05, 0.1) is 13.2 Å². The van der Waals surface area contributed by atoms with E-state index in [4.69, 9.17) is 9.47 Å². The Labute approximate surface area is 236 Å². The molecule has 0 aromatic carbocycles. The van der Waals surface area contributed by atoms with E-state index in [9.17, 15) is 9.59 Å². The maximum Gasteiger partial charge on any atom is 0.305 e. The van der Waals surface area contributed by atoms with Gasteiger partial charge in [-0.05, 0) is 77.0 Å². The molecule has 0 bridgehead atoms. The summed E-state index contributed by atoms with van der Waals surface area (Å²) in [6.07, 6.45) is 32.8. The molecular formula is C34H59O4+. The molecule has 1 rings (SSSR count). The van der Waals surface area contributed by atoms with Crippen LogP contribution in [0.25, 0.3) is 0 Å². The van der Waals surface area contributed by atoms with Crippen molar-refractivity contribution in [2.24, 2.45) is 0 Å². The van der Waals surface area contributed by atoms with E-state index < -0.39 is 0 Å². The Morgan fingerprint density at radius 3 is 1.95 bits per heavy atom. The fraction of sp³-hybridized carbons (Fsp3) is 0.706. The van der Waals surface area contributed by atoms with Crippen molar-refractivity contribution in [3.8, 4) is 0 Å². The third kappa shape index (κ3) is 33.8. The molecule has 0 saturated heterocycles. The van der Waals surface area contributed by atoms with Gasteiger partial charge in [0.25, 0.3) is 0 Å². The normalized spacial score (nSPS) is 15.8. The Morgan fingerprint density at radius 2 is 1.29 bits per heavy atom. The standard InChI is InChI=1S/C17H30O2.C15H26O2.C2H3/c1-3-5-7-9-10-11-12-13-15-17(18)19-16-14-8-6-4-2;16-15-13-11-9-7-5-3-1-2-4-6-8-10-12-14-17-15;1-2/h3-4H,1-2,5-16H2;4,6H,1-3,5,7-14H2;1H,2H2/q;;+1/b;6-4+;. The lowest BCUT2D eigenvalue weighted by Gasteiger charge is -2.05. The van der Waals surface area contributed by atoms with Crippen molar-refractivity contribution in [3.63, 3.8) is 0 Å². The topological polar surface area (TPSA) is 52.6 Å². The van der Waals surface area contributed by atoms with Gasteiger partial charge in [-0.25, -0.2) is 0 Å². The molecule has 4 nitrogen and oxygen atoms in total. The Hall–Kier alpha value is -2.19. The number of allylic oxidation sites excluding steroid dienone is 4. The van der Waals surface area contributed by atoms with Crippen LogP contribution in [-0.4, -0.2) is 25.2 Å². The molecular weight excluding hydrogens is 472 g/mol. The molecule has 0 aromatic heterocycles. The van der Waals surface area contributed by atoms with E-state index in [2.05, 4.69) is 38.5 Å². The van der Waals surface area contributed by atoms with Crippen LogP contribution in [0.15, 0.2) is 44.0 Å². The minimum Gasteiger partial charge on any atom is -0.466 e. The van der Waals surface area contributed by atoms with Gasteiger partial charge in [-0.15, -0.1) is 13.2 Å². The number of esters is 2. The highest BCUT2D eigenvalue weighted by molar-refractivity contribution is 5.69. The summed E-state index contributed by atoms with van der Waals surface area (Å²) in [7, 11) is 0. The number of hydrogen-bond acceptors (Lipinski definition) is 4. The zero-order valence-corrected chi connectivity index (χ0v) is 24.6. The van der Waals surface area contributed by atoms with Crippen LogP contribution < -0.4 is 0 Å². The summed E-state index contributed by atoms with van der Waals surface area (Å²) in [5.41, 5.74) is 0. The number of rotatable bonds is 14. The first kappa shape index (κ1) is 38.0. The molecule has 0 aromatic rings. The summed E-state index contributed by atoms with van der Waals surface area (Å²) in [6, 6.07) is 0. The summed E-state index contributed by atoms with van der Waals surface area (Å²) < 4.78 is 10.3. The average molecular weight is 532 g/mol. The fourth-order valence-electron chi connectivity index (χ4n) is 4.01. The molecule has 0 unspecified atom stereocenters. The highest BCUT2D eigenvalue weighted by Crippen LogP contribution is 2.11. The van der Waals surface area contributed by atoms with Crippen molar-refractivity contribution >= 4 is 11.9 Å². The lowest BCUT2D eigenvalue weighted by atomic mass is 10.1. The molecule has 1 aliphatic heterocycles. The molecule has 218 valence electrons. The maximum atomic E-state index is 11.4. The minimum absolute atomic E-state index is 0.00682. The second-order valence-electron chi connectivity index (χ2n) is 9.80. The van der Waals surface area contributed by atoms with E-state index in [1.165, 1.54) is 64.2 Å². The van der Waals surface area contributed by atoms with Gasteiger partial charge in [-0.1, -0.05) is 75.7 Å². The Kier molecular flexibility index (Phi) is 34.8. The summed E-state index contributed by atoms with van der Waals surface area (Å²) in [6.45, 7) is 15.5. The highest BCUT2D eigenvalue weighted by Gasteiger charge is 2.03. The van der Waals surface area contributed by atoms with E-state index in [0.717, 1.165) is 64.2 Å². The molecule has 0 N–H and O–H groups in total. The Bertz CT molecular complexity index is 567. The van der Waals surface area contributed by atoms with Crippen LogP contribution in [0.1, 0.15) is 141 Å². The first-order chi connectivity index (χ1) is 18.7. The predicted octanol–water partition coefficient (Wildman–Crippen LogP) is 10.2. The van der Waals surface area contributed by atoms with E-state index in [0.29, 0.717) is 26.1 Å². The third-order valence-corrected chi connectivity index (χ3v) is 6.30. The van der Waals surface area contributed by atoms with Gasteiger partial charge in [0, 0.05) is 12.8 Å². The van der Waals surface area contributed by atoms with Crippen LogP contribution in [0.5, 0.6) is 0 Å². The van der Waals surface area contributed by atoms with Crippen LogP contribution in [0.3, 0.4) is 0 Å². The van der Waals surface area contributed by atoms with Gasteiger partial charge in [0.1, 0.15) is 6.58 Å². The quantitative estimate of drug-likeness (QED) is 0.0968. The van der Waals surface area contributed by atoms with E-state index >= 15 is 0 Å². The zero-order valence-electron chi connectivity index (χ0n) is 24.6. The first-order valence-electron chi connectivity index (χ1n) is 15.3. The van der Waals surface area contributed by atoms with Crippen LogP contribution in [0, 0.1) is 6.58 Å². The Balaban J connectivity index is 0. The van der Waals surface area contributed by atoms with Gasteiger partial charge in [0.15, 0.2) is 6.58 Å². The molecule has 0 amide bonds. The smallest absolute Gasteiger partial charge is 0.305 e. The molecule has 38 heavy (non-hydrogen) atoms. The molecule has 4 heteroatoms. The molecule has 0 atom stereocenters. The van der Waals surface area contributed by atoms with Crippen molar-refractivity contribution in [2.75, 3.05) is 13.2 Å². The molecule has 0 radical (unpaired) electrons. The summed E-state index contributed by atoms with van der Waals surface area (Å²) in [5.74, 6) is -0.0436. The van der Waals surface area contributed by atoms with Gasteiger partial charge in [0.2, 0.25) is 0 Å². The molecule has 0 saturated carbocycles. The molecule has 0 fully saturated rings. The summed E-state index contributed by atoms with van der Waals surface area (Å²) in [4.78, 5) is 22.7. The van der Waals surface area contributed by atoms with Crippen molar-refractivity contribution in [3.05, 3.63) is 50.6 Å². The number of carbonyl (C=O) groups excluding carboxylic acids is 2. The highest BCUT2D eigenvalue weighted by atomic mass is 16.5. The van der Waals surface area contributed by atoms with Crippen LogP contribution in [0.2, 0.25) is 0 Å². The van der Waals surface area contributed by atoms with Gasteiger partial charge in [-0.2, -0.15) is 0 Å². The van der Waals surface area contributed by atoms with Gasteiger partial charge in [-0.3, -0.25) is 9.59 Å². The number of hydrogen-bond donors (Lipinski definition) is 0. The second kappa shape index (κ2) is 34.8. The van der Waals surface area contributed by atoms with E-state index in [-0.39, 0.29) is 11.9 Å². The SMILES string of the molecule is C=CCCCCCCCCC(=O)OCCCCC=C.O=C1CCCCCCCC/C=C/CCCCO1.[CH+]=C. The fourth-order valence-corrected chi connectivity index (χ4v) is 4.01. The zero-order chi connectivity index (χ0) is 28.4. The predicted molar refractivity (Wildman–Crippen MR) is 163 cm³/mol. The van der Waals surface area contributed by atoms with Crippen LogP contribution in [0.4, 0.5) is 0 Å². The van der Waals surface area contributed by atoms with Crippen molar-refractivity contribution in [1.29, 1.82) is 0 Å². The summed E-state index contributed by atoms with van der Waals surface area (Å²) >= 11 is 0. The molecule has 0 aliphatic carbocycles. The van der Waals surface area contributed by atoms with Gasteiger partial charge >= 0.3 is 11.9 Å². The summed E-state index contributed by atoms with van der Waals surface area (Å²) in [5, 5.41) is 0. The van der Waals surface area contributed by atoms with E-state index in [1.807, 2.05) is 12.2 Å². The number of cyclic esters (lactones) is 1. The van der Waals surface area contributed by atoms with Gasteiger partial charge < -0.3 is 9.47 Å². The second-order valence-corrected chi connectivity index (χ2v) is 9.80. The van der Waals surface area contributed by atoms with Crippen molar-refractivity contribution in [2.45, 2.75) is 141 Å². The first-order valence-corrected chi connectivity index (χ1v) is 15.3. The number of ether oxygens (including phenoxy) is 2. The third-order valence-electron chi connectivity index (χ3n) is 6.30. The minimum atomic E-state index is -0.0368. The molecule has 1 aliphatic rings. The monoisotopic (exact) mass is 531 g/mol. The Morgan fingerprint density at radius 1 is 0.763 bits per heavy atom. The van der Waals surface area contributed by atoms with Crippen LogP contribution >= 0.6 is 0 Å². The molecule has 1 heterocycles. The van der Waals surface area contributed by atoms with E-state index in [1.54, 1.807) is 0 Å². The maximum absolute atomic E-state index is 11.4. The largest absolute Gasteiger partial charge is 0.466 e. The lowest BCUT2D eigenvalue weighted by Crippen LogP contribution is -2.05. The van der Waals surface area contributed by atoms with Crippen LogP contribution in [-0.2, 0) is 19.1 Å². The number of carbonyl (C=O) groups is 2. The average Bonchev–Trinajstić information content (AvgIpc) is 2.93. The van der Waals surface area contributed by atoms with Crippen molar-refractivity contribution in [1.82, 2.24) is 0 Å².